The van der Waals surface area contributed by atoms with Crippen LogP contribution < -0.4 is 4.74 Å². The molecule has 1 aromatic carbocycles. The average Bonchev–Trinajstić information content (AvgIpc) is 2.86. The molecule has 0 aliphatic rings. The Morgan fingerprint density at radius 1 is 1.38 bits per heavy atom. The molecule has 0 atom stereocenters. The highest BCUT2D eigenvalue weighted by Gasteiger charge is 2.11. The molecule has 0 bridgehead atoms. The molecular formula is C15H17FN2O2S. The summed E-state index contributed by atoms with van der Waals surface area (Å²) in [6.45, 7) is 2.75. The number of carbonyl (C=O) groups is 1. The molecule has 0 unspecified atom stereocenters. The summed E-state index contributed by atoms with van der Waals surface area (Å²) in [6, 6.07) is 5.81. The molecule has 0 radical (unpaired) electrons. The van der Waals surface area contributed by atoms with Gasteiger partial charge in [-0.25, -0.2) is 9.37 Å². The van der Waals surface area contributed by atoms with Crippen LogP contribution in [0.3, 0.4) is 0 Å². The monoisotopic (exact) mass is 308 g/mol. The molecule has 0 saturated heterocycles. The normalized spacial score (nSPS) is 10.4. The van der Waals surface area contributed by atoms with E-state index >= 15 is 0 Å². The third-order valence-corrected chi connectivity index (χ3v) is 3.76. The van der Waals surface area contributed by atoms with Crippen LogP contribution in [0, 0.1) is 12.7 Å². The molecule has 0 spiro atoms. The number of hydrogen-bond donors (Lipinski definition) is 0. The number of rotatable bonds is 6. The van der Waals surface area contributed by atoms with Crippen molar-refractivity contribution in [1.29, 1.82) is 0 Å². The highest BCUT2D eigenvalue weighted by molar-refractivity contribution is 7.09. The van der Waals surface area contributed by atoms with E-state index in [1.165, 1.54) is 23.5 Å². The molecule has 2 aromatic rings. The maximum atomic E-state index is 12.7. The van der Waals surface area contributed by atoms with Crippen molar-refractivity contribution in [3.8, 4) is 5.75 Å². The van der Waals surface area contributed by atoms with E-state index in [0.29, 0.717) is 25.3 Å². The van der Waals surface area contributed by atoms with Crippen LogP contribution in [0.2, 0.25) is 0 Å². The number of carbonyl (C=O) groups excluding carboxylic acids is 1. The zero-order chi connectivity index (χ0) is 15.2. The van der Waals surface area contributed by atoms with E-state index < -0.39 is 0 Å². The minimum atomic E-state index is -0.298. The average molecular weight is 308 g/mol. The van der Waals surface area contributed by atoms with Crippen LogP contribution in [0.1, 0.15) is 10.7 Å². The van der Waals surface area contributed by atoms with E-state index in [0.717, 1.165) is 10.7 Å². The van der Waals surface area contributed by atoms with Gasteiger partial charge in [0.25, 0.3) is 0 Å². The number of nitrogens with zero attached hydrogens (tertiary/aromatic N) is 2. The van der Waals surface area contributed by atoms with Crippen molar-refractivity contribution in [2.45, 2.75) is 13.3 Å². The number of aromatic nitrogens is 1. The van der Waals surface area contributed by atoms with Crippen LogP contribution in [-0.4, -0.2) is 36.0 Å². The van der Waals surface area contributed by atoms with E-state index in [1.54, 1.807) is 24.1 Å². The fourth-order valence-corrected chi connectivity index (χ4v) is 2.35. The van der Waals surface area contributed by atoms with Gasteiger partial charge in [-0.3, -0.25) is 4.79 Å². The Morgan fingerprint density at radius 3 is 2.71 bits per heavy atom. The number of amides is 1. The lowest BCUT2D eigenvalue weighted by molar-refractivity contribution is -0.129. The summed E-state index contributed by atoms with van der Waals surface area (Å²) in [5.74, 6) is 0.295. The summed E-state index contributed by atoms with van der Waals surface area (Å²) in [6.07, 6.45) is 0.303. The van der Waals surface area contributed by atoms with Crippen molar-refractivity contribution in [2.24, 2.45) is 0 Å². The van der Waals surface area contributed by atoms with Gasteiger partial charge in [-0.15, -0.1) is 11.3 Å². The minimum Gasteiger partial charge on any atom is -0.492 e. The molecule has 4 nitrogen and oxygen atoms in total. The van der Waals surface area contributed by atoms with E-state index in [1.807, 2.05) is 12.3 Å². The topological polar surface area (TPSA) is 42.4 Å². The Hall–Kier alpha value is -1.95. The van der Waals surface area contributed by atoms with Crippen molar-refractivity contribution in [2.75, 3.05) is 20.2 Å². The molecule has 1 aromatic heterocycles. The number of thiazole rings is 1. The predicted octanol–water partition coefficient (Wildman–Crippen LogP) is 2.67. The lowest BCUT2D eigenvalue weighted by Gasteiger charge is -2.17. The first kappa shape index (κ1) is 15.4. The Labute approximate surface area is 127 Å². The zero-order valence-corrected chi connectivity index (χ0v) is 12.8. The van der Waals surface area contributed by atoms with Gasteiger partial charge in [0.05, 0.1) is 23.7 Å². The van der Waals surface area contributed by atoms with Gasteiger partial charge in [-0.1, -0.05) is 0 Å². The Morgan fingerprint density at radius 2 is 2.10 bits per heavy atom. The first-order valence-electron chi connectivity index (χ1n) is 6.58. The number of halogens is 1. The number of aryl methyl sites for hydroxylation is 1. The summed E-state index contributed by atoms with van der Waals surface area (Å²) >= 11 is 1.54. The predicted molar refractivity (Wildman–Crippen MR) is 80.1 cm³/mol. The van der Waals surface area contributed by atoms with Gasteiger partial charge < -0.3 is 9.64 Å². The Bertz CT molecular complexity index is 598. The van der Waals surface area contributed by atoms with Gasteiger partial charge in [0.2, 0.25) is 5.91 Å². The molecule has 21 heavy (non-hydrogen) atoms. The largest absolute Gasteiger partial charge is 0.492 e. The van der Waals surface area contributed by atoms with Gasteiger partial charge in [0.1, 0.15) is 18.2 Å². The standard InChI is InChI=1S/C15H17FN2O2S/c1-11-17-13(10-21-11)9-15(19)18(2)7-8-20-14-5-3-12(16)4-6-14/h3-6,10H,7-9H2,1-2H3. The molecule has 0 aliphatic heterocycles. The van der Waals surface area contributed by atoms with Crippen LogP contribution in [0.15, 0.2) is 29.6 Å². The fraction of sp³-hybridized carbons (Fsp3) is 0.333. The number of likely N-dealkylation sites (N-methyl/N-ethyl adjacent to an activating group) is 1. The van der Waals surface area contributed by atoms with Crippen LogP contribution in [0.25, 0.3) is 0 Å². The second-order valence-corrected chi connectivity index (χ2v) is 5.71. The number of benzene rings is 1. The molecule has 1 amide bonds. The fourth-order valence-electron chi connectivity index (χ4n) is 1.74. The molecule has 0 N–H and O–H groups in total. The molecule has 1 heterocycles. The van der Waals surface area contributed by atoms with Gasteiger partial charge in [0, 0.05) is 12.4 Å². The number of hydrogen-bond acceptors (Lipinski definition) is 4. The van der Waals surface area contributed by atoms with Crippen molar-refractivity contribution >= 4 is 17.2 Å². The smallest absolute Gasteiger partial charge is 0.228 e. The van der Waals surface area contributed by atoms with Crippen LogP contribution >= 0.6 is 11.3 Å². The van der Waals surface area contributed by atoms with Crippen molar-refractivity contribution in [3.05, 3.63) is 46.2 Å². The quantitative estimate of drug-likeness (QED) is 0.824. The Kier molecular flexibility index (Phi) is 5.27. The van der Waals surface area contributed by atoms with Gasteiger partial charge in [0.15, 0.2) is 0 Å². The summed E-state index contributed by atoms with van der Waals surface area (Å²) in [5, 5.41) is 2.86. The first-order chi connectivity index (χ1) is 10.0. The van der Waals surface area contributed by atoms with Crippen molar-refractivity contribution < 1.29 is 13.9 Å². The molecule has 112 valence electrons. The summed E-state index contributed by atoms with van der Waals surface area (Å²) in [4.78, 5) is 17.9. The maximum Gasteiger partial charge on any atom is 0.228 e. The second kappa shape index (κ2) is 7.17. The summed E-state index contributed by atoms with van der Waals surface area (Å²) in [5.41, 5.74) is 0.800. The minimum absolute atomic E-state index is 0.00278. The maximum absolute atomic E-state index is 12.7. The highest BCUT2D eigenvalue weighted by Crippen LogP contribution is 2.11. The molecule has 0 saturated carbocycles. The van der Waals surface area contributed by atoms with E-state index in [-0.39, 0.29) is 11.7 Å². The number of ether oxygens (including phenoxy) is 1. The third kappa shape index (κ3) is 4.82. The lowest BCUT2D eigenvalue weighted by Crippen LogP contribution is -2.32. The SMILES string of the molecule is Cc1nc(CC(=O)N(C)CCOc2ccc(F)cc2)cs1. The molecule has 0 aliphatic carbocycles. The summed E-state index contributed by atoms with van der Waals surface area (Å²) in [7, 11) is 1.73. The molecular weight excluding hydrogens is 291 g/mol. The third-order valence-electron chi connectivity index (χ3n) is 2.93. The van der Waals surface area contributed by atoms with Crippen LogP contribution in [0.5, 0.6) is 5.75 Å². The van der Waals surface area contributed by atoms with Crippen molar-refractivity contribution in [1.82, 2.24) is 9.88 Å². The van der Waals surface area contributed by atoms with Gasteiger partial charge >= 0.3 is 0 Å². The van der Waals surface area contributed by atoms with E-state index in [4.69, 9.17) is 4.74 Å². The zero-order valence-electron chi connectivity index (χ0n) is 12.0. The van der Waals surface area contributed by atoms with Crippen molar-refractivity contribution in [3.63, 3.8) is 0 Å². The van der Waals surface area contributed by atoms with E-state index in [2.05, 4.69) is 4.98 Å². The van der Waals surface area contributed by atoms with Crippen LogP contribution in [0.4, 0.5) is 4.39 Å². The molecule has 0 fully saturated rings. The van der Waals surface area contributed by atoms with Gasteiger partial charge in [-0.05, 0) is 31.2 Å². The van der Waals surface area contributed by atoms with Crippen LogP contribution in [-0.2, 0) is 11.2 Å². The molecule has 2 rings (SSSR count). The van der Waals surface area contributed by atoms with Gasteiger partial charge in [-0.2, -0.15) is 0 Å². The second-order valence-electron chi connectivity index (χ2n) is 4.65. The Balaban J connectivity index is 1.74. The molecule has 6 heteroatoms. The van der Waals surface area contributed by atoms with E-state index in [9.17, 15) is 9.18 Å². The lowest BCUT2D eigenvalue weighted by atomic mass is 10.3. The highest BCUT2D eigenvalue weighted by atomic mass is 32.1. The first-order valence-corrected chi connectivity index (χ1v) is 7.46. The summed E-state index contributed by atoms with van der Waals surface area (Å²) < 4.78 is 18.2.